The molecule has 1 atom stereocenters. The first-order valence-corrected chi connectivity index (χ1v) is 6.95. The van der Waals surface area contributed by atoms with Gasteiger partial charge in [-0.1, -0.05) is 38.1 Å². The van der Waals surface area contributed by atoms with Gasteiger partial charge in [0.2, 0.25) is 0 Å². The predicted octanol–water partition coefficient (Wildman–Crippen LogP) is 3.35. The van der Waals surface area contributed by atoms with Crippen LogP contribution in [0.5, 0.6) is 0 Å². The number of aryl methyl sites for hydroxylation is 2. The molecule has 2 aromatic rings. The lowest BCUT2D eigenvalue weighted by atomic mass is 9.77. The molecule has 0 aliphatic heterocycles. The molecule has 94 valence electrons. The van der Waals surface area contributed by atoms with Gasteiger partial charge < -0.3 is 0 Å². The van der Waals surface area contributed by atoms with Crippen molar-refractivity contribution in [2.24, 2.45) is 0 Å². The Hall–Kier alpha value is -1.57. The Morgan fingerprint density at radius 2 is 2.06 bits per heavy atom. The summed E-state index contributed by atoms with van der Waals surface area (Å²) in [5.41, 5.74) is 5.63. The summed E-state index contributed by atoms with van der Waals surface area (Å²) in [7, 11) is 0. The van der Waals surface area contributed by atoms with E-state index in [1.807, 2.05) is 0 Å². The van der Waals surface area contributed by atoms with Crippen LogP contribution < -0.4 is 0 Å². The van der Waals surface area contributed by atoms with Crippen LogP contribution in [0.4, 0.5) is 0 Å². The number of hydrogen-bond donors (Lipinski definition) is 0. The Morgan fingerprint density at radius 1 is 1.22 bits per heavy atom. The summed E-state index contributed by atoms with van der Waals surface area (Å²) in [6, 6.07) is 11.0. The Bertz CT molecular complexity index is 554. The van der Waals surface area contributed by atoms with E-state index in [1.54, 1.807) is 0 Å². The van der Waals surface area contributed by atoms with Crippen LogP contribution in [0.15, 0.2) is 30.3 Å². The Morgan fingerprint density at radius 3 is 2.78 bits per heavy atom. The molecule has 0 saturated heterocycles. The van der Waals surface area contributed by atoms with Gasteiger partial charge in [0.25, 0.3) is 0 Å². The zero-order chi connectivity index (χ0) is 12.5. The van der Waals surface area contributed by atoms with Crippen LogP contribution in [0.1, 0.15) is 42.3 Å². The van der Waals surface area contributed by atoms with E-state index in [4.69, 9.17) is 5.10 Å². The molecule has 2 heteroatoms. The van der Waals surface area contributed by atoms with Crippen LogP contribution in [-0.4, -0.2) is 9.78 Å². The van der Waals surface area contributed by atoms with Crippen molar-refractivity contribution in [3.8, 4) is 0 Å². The summed E-state index contributed by atoms with van der Waals surface area (Å²) in [4.78, 5) is 0. The Kier molecular flexibility index (Phi) is 2.94. The van der Waals surface area contributed by atoms with Gasteiger partial charge in [-0.3, -0.25) is 4.68 Å². The number of fused-ring (bicyclic) bond motifs is 1. The molecule has 0 saturated carbocycles. The second kappa shape index (κ2) is 4.60. The minimum atomic E-state index is 0.663. The molecule has 1 unspecified atom stereocenters. The zero-order valence-corrected chi connectivity index (χ0v) is 11.2. The molecule has 18 heavy (non-hydrogen) atoms. The molecule has 0 N–H and O–H groups in total. The second-order valence-corrected chi connectivity index (χ2v) is 5.12. The van der Waals surface area contributed by atoms with Gasteiger partial charge in [-0.05, 0) is 36.5 Å². The lowest BCUT2D eigenvalue weighted by Crippen LogP contribution is -2.23. The van der Waals surface area contributed by atoms with Gasteiger partial charge >= 0.3 is 0 Å². The van der Waals surface area contributed by atoms with E-state index in [2.05, 4.69) is 48.9 Å². The monoisotopic (exact) mass is 240 g/mol. The molecule has 1 aromatic carbocycles. The van der Waals surface area contributed by atoms with E-state index in [9.17, 15) is 0 Å². The van der Waals surface area contributed by atoms with E-state index in [1.165, 1.54) is 28.9 Å². The summed E-state index contributed by atoms with van der Waals surface area (Å²) < 4.78 is 2.22. The second-order valence-electron chi connectivity index (χ2n) is 5.12. The van der Waals surface area contributed by atoms with E-state index in [0.717, 1.165) is 19.4 Å². The van der Waals surface area contributed by atoms with Crippen LogP contribution in [-0.2, 0) is 25.8 Å². The number of benzene rings is 1. The fourth-order valence-electron chi connectivity index (χ4n) is 2.86. The third-order valence-electron chi connectivity index (χ3n) is 3.99. The highest BCUT2D eigenvalue weighted by molar-refractivity contribution is 5.39. The Labute approximate surface area is 109 Å². The molecule has 1 heterocycles. The summed E-state index contributed by atoms with van der Waals surface area (Å²) in [6.07, 6.45) is 3.31. The third-order valence-corrected chi connectivity index (χ3v) is 3.99. The van der Waals surface area contributed by atoms with Crippen LogP contribution in [0, 0.1) is 0 Å². The molecule has 1 aliphatic rings. The fraction of sp³-hybridized carbons (Fsp3) is 0.438. The van der Waals surface area contributed by atoms with Crippen molar-refractivity contribution in [2.75, 3.05) is 0 Å². The van der Waals surface area contributed by atoms with Gasteiger partial charge in [0.15, 0.2) is 0 Å². The van der Waals surface area contributed by atoms with E-state index in [-0.39, 0.29) is 0 Å². The van der Waals surface area contributed by atoms with Crippen molar-refractivity contribution in [1.29, 1.82) is 0 Å². The topological polar surface area (TPSA) is 17.8 Å². The minimum Gasteiger partial charge on any atom is -0.269 e. The first-order valence-electron chi connectivity index (χ1n) is 6.95. The summed E-state index contributed by atoms with van der Waals surface area (Å²) in [5.74, 6) is 0.663. The maximum atomic E-state index is 4.71. The normalized spacial score (nSPS) is 17.3. The molecule has 0 radical (unpaired) electrons. The maximum absolute atomic E-state index is 4.71. The minimum absolute atomic E-state index is 0.663. The number of nitrogens with zero attached hydrogens (tertiary/aromatic N) is 2. The molecule has 1 aromatic heterocycles. The summed E-state index contributed by atoms with van der Waals surface area (Å²) >= 11 is 0. The smallest absolute Gasteiger partial charge is 0.0624 e. The lowest BCUT2D eigenvalue weighted by molar-refractivity contribution is 0.461. The van der Waals surface area contributed by atoms with Gasteiger partial charge in [-0.15, -0.1) is 0 Å². The quantitative estimate of drug-likeness (QED) is 0.801. The van der Waals surface area contributed by atoms with Crippen molar-refractivity contribution in [3.63, 3.8) is 0 Å². The lowest BCUT2D eigenvalue weighted by Gasteiger charge is -2.30. The predicted molar refractivity (Wildman–Crippen MR) is 73.9 cm³/mol. The van der Waals surface area contributed by atoms with Crippen LogP contribution in [0.2, 0.25) is 0 Å². The van der Waals surface area contributed by atoms with Crippen molar-refractivity contribution in [3.05, 3.63) is 52.8 Å². The van der Waals surface area contributed by atoms with E-state index < -0.39 is 0 Å². The Balaban J connectivity index is 1.80. The maximum Gasteiger partial charge on any atom is 0.0624 e. The molecular weight excluding hydrogens is 220 g/mol. The first-order chi connectivity index (χ1) is 8.81. The molecular formula is C16H20N2. The molecule has 2 nitrogen and oxygen atoms in total. The fourth-order valence-corrected chi connectivity index (χ4v) is 2.86. The van der Waals surface area contributed by atoms with Gasteiger partial charge in [-0.25, -0.2) is 0 Å². The summed E-state index contributed by atoms with van der Waals surface area (Å²) in [5, 5.41) is 4.71. The average Bonchev–Trinajstić information content (AvgIpc) is 2.78. The van der Waals surface area contributed by atoms with Gasteiger partial charge in [0.1, 0.15) is 0 Å². The molecule has 1 aliphatic carbocycles. The zero-order valence-electron chi connectivity index (χ0n) is 11.2. The van der Waals surface area contributed by atoms with Crippen molar-refractivity contribution >= 4 is 0 Å². The van der Waals surface area contributed by atoms with Crippen LogP contribution in [0.25, 0.3) is 0 Å². The molecule has 0 amide bonds. The molecule has 0 bridgehead atoms. The van der Waals surface area contributed by atoms with Crippen molar-refractivity contribution < 1.29 is 0 Å². The highest BCUT2D eigenvalue weighted by Gasteiger charge is 2.26. The molecule has 0 spiro atoms. The van der Waals surface area contributed by atoms with E-state index in [0.29, 0.717) is 5.92 Å². The number of aromatic nitrogens is 2. The van der Waals surface area contributed by atoms with Gasteiger partial charge in [0, 0.05) is 18.2 Å². The van der Waals surface area contributed by atoms with Crippen LogP contribution in [0.3, 0.4) is 0 Å². The highest BCUT2D eigenvalue weighted by Crippen LogP contribution is 2.36. The number of rotatable bonds is 4. The van der Waals surface area contributed by atoms with Gasteiger partial charge in [0.05, 0.1) is 5.69 Å². The molecule has 3 rings (SSSR count). The standard InChI is InChI=1S/C16H20N2/c1-3-14-10-15(4-2)18(17-14)11-13-9-12-7-5-6-8-16(12)13/h5-8,10,13H,3-4,9,11H2,1-2H3. The first kappa shape index (κ1) is 11.5. The van der Waals surface area contributed by atoms with Gasteiger partial charge in [-0.2, -0.15) is 5.10 Å². The molecule has 0 fully saturated rings. The van der Waals surface area contributed by atoms with Crippen molar-refractivity contribution in [2.45, 2.75) is 45.6 Å². The third kappa shape index (κ3) is 1.86. The van der Waals surface area contributed by atoms with E-state index >= 15 is 0 Å². The largest absolute Gasteiger partial charge is 0.269 e. The number of hydrogen-bond acceptors (Lipinski definition) is 1. The average molecular weight is 240 g/mol. The van der Waals surface area contributed by atoms with Crippen LogP contribution >= 0.6 is 0 Å². The van der Waals surface area contributed by atoms with Crippen molar-refractivity contribution in [1.82, 2.24) is 9.78 Å². The summed E-state index contributed by atoms with van der Waals surface area (Å²) in [6.45, 7) is 5.42. The highest BCUT2D eigenvalue weighted by atomic mass is 15.3. The SMILES string of the molecule is CCc1cc(CC)n(CC2Cc3ccccc32)n1.